The summed E-state index contributed by atoms with van der Waals surface area (Å²) in [4.78, 5) is 14.5. The van der Waals surface area contributed by atoms with E-state index in [2.05, 4.69) is 20.8 Å². The second kappa shape index (κ2) is 4.60. The number of carbonyl (C=O) groups is 1. The van der Waals surface area contributed by atoms with Crippen LogP contribution in [0, 0.1) is 17.3 Å². The molecule has 3 heteroatoms. The molecule has 0 aromatic rings. The highest BCUT2D eigenvalue weighted by Gasteiger charge is 2.39. The molecule has 1 amide bonds. The summed E-state index contributed by atoms with van der Waals surface area (Å²) in [6, 6.07) is 0.0694. The van der Waals surface area contributed by atoms with E-state index < -0.39 is 0 Å². The predicted molar refractivity (Wildman–Crippen MR) is 69.5 cm³/mol. The van der Waals surface area contributed by atoms with Crippen LogP contribution < -0.4 is 5.73 Å². The molecule has 2 rings (SSSR count). The van der Waals surface area contributed by atoms with Gasteiger partial charge in [-0.05, 0) is 30.6 Å². The highest BCUT2D eigenvalue weighted by Crippen LogP contribution is 2.33. The van der Waals surface area contributed by atoms with Gasteiger partial charge < -0.3 is 10.6 Å². The summed E-state index contributed by atoms with van der Waals surface area (Å²) >= 11 is 0. The molecule has 2 aliphatic rings. The molecule has 0 aromatic carbocycles. The van der Waals surface area contributed by atoms with Gasteiger partial charge in [0.2, 0.25) is 5.91 Å². The largest absolute Gasteiger partial charge is 0.342 e. The van der Waals surface area contributed by atoms with Gasteiger partial charge in [-0.2, -0.15) is 0 Å². The molecular weight excluding hydrogens is 212 g/mol. The molecule has 2 N–H and O–H groups in total. The van der Waals surface area contributed by atoms with Crippen LogP contribution in [0.15, 0.2) is 0 Å². The number of rotatable bonds is 1. The minimum Gasteiger partial charge on any atom is -0.342 e. The van der Waals surface area contributed by atoms with E-state index in [-0.39, 0.29) is 12.0 Å². The van der Waals surface area contributed by atoms with E-state index in [1.807, 2.05) is 4.90 Å². The first-order valence-electron chi connectivity index (χ1n) is 6.95. The highest BCUT2D eigenvalue weighted by molar-refractivity contribution is 5.80. The third kappa shape index (κ3) is 2.65. The zero-order valence-corrected chi connectivity index (χ0v) is 11.4. The monoisotopic (exact) mass is 238 g/mol. The van der Waals surface area contributed by atoms with E-state index in [4.69, 9.17) is 5.73 Å². The van der Waals surface area contributed by atoms with Crippen molar-refractivity contribution in [3.8, 4) is 0 Å². The molecule has 98 valence electrons. The number of amides is 1. The van der Waals surface area contributed by atoms with E-state index in [1.165, 1.54) is 6.42 Å². The topological polar surface area (TPSA) is 46.3 Å². The summed E-state index contributed by atoms with van der Waals surface area (Å²) in [7, 11) is 0. The Labute approximate surface area is 105 Å². The van der Waals surface area contributed by atoms with Crippen molar-refractivity contribution in [3.63, 3.8) is 0 Å². The zero-order chi connectivity index (χ0) is 12.6. The van der Waals surface area contributed by atoms with Crippen LogP contribution in [0.2, 0.25) is 0 Å². The van der Waals surface area contributed by atoms with Crippen LogP contribution in [-0.2, 0) is 4.79 Å². The van der Waals surface area contributed by atoms with E-state index in [0.29, 0.717) is 17.2 Å². The van der Waals surface area contributed by atoms with Crippen molar-refractivity contribution in [3.05, 3.63) is 0 Å². The van der Waals surface area contributed by atoms with Crippen molar-refractivity contribution < 1.29 is 4.79 Å². The Kier molecular flexibility index (Phi) is 3.48. The van der Waals surface area contributed by atoms with Crippen molar-refractivity contribution in [1.82, 2.24) is 4.90 Å². The van der Waals surface area contributed by atoms with Gasteiger partial charge in [0.05, 0.1) is 5.92 Å². The van der Waals surface area contributed by atoms with Gasteiger partial charge in [-0.25, -0.2) is 0 Å². The number of carbonyl (C=O) groups excluding carboxylic acids is 1. The third-order valence-corrected chi connectivity index (χ3v) is 4.60. The highest BCUT2D eigenvalue weighted by atomic mass is 16.2. The van der Waals surface area contributed by atoms with E-state index >= 15 is 0 Å². The third-order valence-electron chi connectivity index (χ3n) is 4.60. The Morgan fingerprint density at radius 1 is 1.35 bits per heavy atom. The van der Waals surface area contributed by atoms with Gasteiger partial charge in [-0.15, -0.1) is 0 Å². The van der Waals surface area contributed by atoms with Gasteiger partial charge in [0.1, 0.15) is 0 Å². The molecule has 1 aliphatic carbocycles. The van der Waals surface area contributed by atoms with Gasteiger partial charge in [0.25, 0.3) is 0 Å². The van der Waals surface area contributed by atoms with Crippen molar-refractivity contribution in [2.45, 2.75) is 52.5 Å². The standard InChI is InChI=1S/C14H26N2O/c1-10-5-4-6-11(12(10)15)13(17)16-8-7-14(2,3)9-16/h10-12H,4-9,15H2,1-3H3. The summed E-state index contributed by atoms with van der Waals surface area (Å²) in [5, 5.41) is 0. The summed E-state index contributed by atoms with van der Waals surface area (Å²) < 4.78 is 0. The molecule has 3 atom stereocenters. The quantitative estimate of drug-likeness (QED) is 0.759. The SMILES string of the molecule is CC1CCCC(C(=O)N2CCC(C)(C)C2)C1N. The number of hydrogen-bond donors (Lipinski definition) is 1. The normalized spacial score (nSPS) is 37.2. The Morgan fingerprint density at radius 3 is 2.65 bits per heavy atom. The van der Waals surface area contributed by atoms with Crippen LogP contribution >= 0.6 is 0 Å². The van der Waals surface area contributed by atoms with E-state index in [9.17, 15) is 4.79 Å². The Hall–Kier alpha value is -0.570. The van der Waals surface area contributed by atoms with Gasteiger partial charge >= 0.3 is 0 Å². The molecule has 17 heavy (non-hydrogen) atoms. The number of hydrogen-bond acceptors (Lipinski definition) is 2. The first-order chi connectivity index (χ1) is 7.91. The summed E-state index contributed by atoms with van der Waals surface area (Å²) in [6.07, 6.45) is 4.44. The summed E-state index contributed by atoms with van der Waals surface area (Å²) in [5.74, 6) is 0.885. The van der Waals surface area contributed by atoms with Crippen molar-refractivity contribution in [2.75, 3.05) is 13.1 Å². The van der Waals surface area contributed by atoms with Gasteiger partial charge in [0.15, 0.2) is 0 Å². The Balaban J connectivity index is 2.00. The maximum absolute atomic E-state index is 12.5. The van der Waals surface area contributed by atoms with Crippen LogP contribution in [-0.4, -0.2) is 29.9 Å². The zero-order valence-electron chi connectivity index (χ0n) is 11.4. The fraction of sp³-hybridized carbons (Fsp3) is 0.929. The average molecular weight is 238 g/mol. The molecule has 1 aliphatic heterocycles. The molecule has 1 saturated carbocycles. The number of nitrogens with two attached hydrogens (primary N) is 1. The van der Waals surface area contributed by atoms with Crippen molar-refractivity contribution in [1.29, 1.82) is 0 Å². The van der Waals surface area contributed by atoms with Gasteiger partial charge in [-0.3, -0.25) is 4.79 Å². The van der Waals surface area contributed by atoms with Crippen molar-refractivity contribution in [2.24, 2.45) is 23.0 Å². The Morgan fingerprint density at radius 2 is 2.06 bits per heavy atom. The molecule has 1 saturated heterocycles. The summed E-state index contributed by atoms with van der Waals surface area (Å²) in [5.41, 5.74) is 6.50. The van der Waals surface area contributed by atoms with Gasteiger partial charge in [-0.1, -0.05) is 27.2 Å². The fourth-order valence-electron chi connectivity index (χ4n) is 3.26. The number of likely N-dealkylation sites (tertiary alicyclic amines) is 1. The van der Waals surface area contributed by atoms with Crippen LogP contribution in [0.5, 0.6) is 0 Å². The maximum Gasteiger partial charge on any atom is 0.227 e. The van der Waals surface area contributed by atoms with Crippen LogP contribution in [0.3, 0.4) is 0 Å². The van der Waals surface area contributed by atoms with Crippen molar-refractivity contribution >= 4 is 5.91 Å². The lowest BCUT2D eigenvalue weighted by Crippen LogP contribution is -2.48. The molecule has 2 fully saturated rings. The van der Waals surface area contributed by atoms with E-state index in [1.54, 1.807) is 0 Å². The molecule has 0 radical (unpaired) electrons. The lowest BCUT2D eigenvalue weighted by Gasteiger charge is -2.35. The molecule has 3 nitrogen and oxygen atoms in total. The second-order valence-electron chi connectivity index (χ2n) is 6.77. The van der Waals surface area contributed by atoms with E-state index in [0.717, 1.165) is 32.4 Å². The molecular formula is C14H26N2O. The first kappa shape index (κ1) is 12.9. The minimum atomic E-state index is 0.0694. The first-order valence-corrected chi connectivity index (χ1v) is 6.95. The predicted octanol–water partition coefficient (Wildman–Crippen LogP) is 2.01. The molecule has 0 bridgehead atoms. The van der Waals surface area contributed by atoms with Crippen LogP contribution in [0.25, 0.3) is 0 Å². The smallest absolute Gasteiger partial charge is 0.227 e. The molecule has 1 heterocycles. The Bertz CT molecular complexity index is 301. The number of nitrogens with zero attached hydrogens (tertiary/aromatic N) is 1. The maximum atomic E-state index is 12.5. The minimum absolute atomic E-state index is 0.0694. The second-order valence-corrected chi connectivity index (χ2v) is 6.77. The lowest BCUT2D eigenvalue weighted by atomic mass is 9.77. The fourth-order valence-corrected chi connectivity index (χ4v) is 3.26. The molecule has 0 spiro atoms. The van der Waals surface area contributed by atoms with Crippen LogP contribution in [0.1, 0.15) is 46.5 Å². The molecule has 3 unspecified atom stereocenters. The summed E-state index contributed by atoms with van der Waals surface area (Å²) in [6.45, 7) is 8.48. The molecule has 0 aromatic heterocycles. The average Bonchev–Trinajstić information content (AvgIpc) is 2.62. The van der Waals surface area contributed by atoms with Crippen LogP contribution in [0.4, 0.5) is 0 Å². The van der Waals surface area contributed by atoms with Gasteiger partial charge in [0, 0.05) is 19.1 Å². The lowest BCUT2D eigenvalue weighted by molar-refractivity contribution is -0.137.